The lowest BCUT2D eigenvalue weighted by molar-refractivity contribution is 0.160. The molecule has 1 aromatic carbocycles. The maximum absolute atomic E-state index is 10.1. The number of benzene rings is 1. The average molecular weight is 291 g/mol. The highest BCUT2D eigenvalue weighted by atomic mass is 16.5. The zero-order valence-electron chi connectivity index (χ0n) is 12.3. The van der Waals surface area contributed by atoms with Crippen LogP contribution in [0.5, 0.6) is 5.75 Å². The van der Waals surface area contributed by atoms with Gasteiger partial charge in [0, 0.05) is 13.7 Å². The Balaban J connectivity index is 1.81. The van der Waals surface area contributed by atoms with Crippen LogP contribution in [0.4, 0.5) is 0 Å². The van der Waals surface area contributed by atoms with Crippen molar-refractivity contribution in [2.75, 3.05) is 20.8 Å². The number of hydrogen-bond acceptors (Lipinski definition) is 5. The van der Waals surface area contributed by atoms with E-state index in [0.29, 0.717) is 19.7 Å². The van der Waals surface area contributed by atoms with E-state index in [0.717, 1.165) is 22.8 Å². The molecule has 0 radical (unpaired) electrons. The summed E-state index contributed by atoms with van der Waals surface area (Å²) in [6.45, 7) is 1.46. The number of ether oxygens (including phenoxy) is 2. The van der Waals surface area contributed by atoms with Crippen molar-refractivity contribution in [3.63, 3.8) is 0 Å². The smallest absolute Gasteiger partial charge is 0.129 e. The molecule has 1 atom stereocenters. The number of nitrogens with one attached hydrogen (secondary N) is 1. The van der Waals surface area contributed by atoms with Gasteiger partial charge in [-0.05, 0) is 29.8 Å². The molecule has 1 heterocycles. The zero-order chi connectivity index (χ0) is 15.1. The molecule has 0 bridgehead atoms. The summed E-state index contributed by atoms with van der Waals surface area (Å²) in [6, 6.07) is 11.2. The second kappa shape index (κ2) is 7.83. The number of aliphatic hydroxyl groups excluding tert-OH is 1. The highest BCUT2D eigenvalue weighted by molar-refractivity contribution is 5.29. The van der Waals surface area contributed by atoms with Crippen LogP contribution in [0.25, 0.3) is 0 Å². The maximum Gasteiger partial charge on any atom is 0.129 e. The molecule has 114 valence electrons. The highest BCUT2D eigenvalue weighted by Gasteiger charge is 2.09. The number of aliphatic hydroxyl groups is 1. The van der Waals surface area contributed by atoms with Crippen LogP contribution in [-0.4, -0.2) is 25.9 Å². The van der Waals surface area contributed by atoms with E-state index in [2.05, 4.69) is 5.32 Å². The van der Waals surface area contributed by atoms with E-state index < -0.39 is 6.10 Å². The number of hydrogen-bond donors (Lipinski definition) is 2. The van der Waals surface area contributed by atoms with Gasteiger partial charge in [0.25, 0.3) is 0 Å². The molecule has 2 N–H and O–H groups in total. The summed E-state index contributed by atoms with van der Waals surface area (Å²) in [6.07, 6.45) is -0.589. The first kappa shape index (κ1) is 15.6. The van der Waals surface area contributed by atoms with Gasteiger partial charge in [0.05, 0.1) is 19.8 Å². The minimum Gasteiger partial charge on any atom is -0.497 e. The van der Waals surface area contributed by atoms with Crippen molar-refractivity contribution < 1.29 is 19.0 Å². The Bertz CT molecular complexity index is 553. The predicted octanol–water partition coefficient (Wildman–Crippen LogP) is 2.26. The minimum atomic E-state index is -0.589. The van der Waals surface area contributed by atoms with Gasteiger partial charge in [0.1, 0.15) is 23.9 Å². The molecule has 5 heteroatoms. The van der Waals surface area contributed by atoms with Gasteiger partial charge in [-0.25, -0.2) is 0 Å². The van der Waals surface area contributed by atoms with Crippen LogP contribution in [0.1, 0.15) is 23.2 Å². The molecule has 1 unspecified atom stereocenters. The van der Waals surface area contributed by atoms with Crippen LogP contribution in [0, 0.1) is 0 Å². The van der Waals surface area contributed by atoms with Gasteiger partial charge in [-0.1, -0.05) is 12.1 Å². The first-order chi connectivity index (χ1) is 10.2. The molecule has 5 nitrogen and oxygen atoms in total. The predicted molar refractivity (Wildman–Crippen MR) is 79.1 cm³/mol. The molecule has 21 heavy (non-hydrogen) atoms. The molecular formula is C16H21NO4. The van der Waals surface area contributed by atoms with E-state index in [4.69, 9.17) is 13.9 Å². The van der Waals surface area contributed by atoms with Crippen LogP contribution in [0.3, 0.4) is 0 Å². The van der Waals surface area contributed by atoms with E-state index in [1.165, 1.54) is 0 Å². The molecule has 2 rings (SSSR count). The molecule has 0 saturated heterocycles. The topological polar surface area (TPSA) is 63.9 Å². The van der Waals surface area contributed by atoms with Crippen molar-refractivity contribution in [2.24, 2.45) is 0 Å². The average Bonchev–Trinajstić information content (AvgIpc) is 2.95. The SMILES string of the molecule is COCc1ccc(CNCC(O)c2cccc(OC)c2)o1. The molecule has 1 aromatic heterocycles. The second-order valence-corrected chi connectivity index (χ2v) is 4.72. The van der Waals surface area contributed by atoms with E-state index in [1.807, 2.05) is 36.4 Å². The first-order valence-corrected chi connectivity index (χ1v) is 6.82. The molecule has 0 aliphatic carbocycles. The van der Waals surface area contributed by atoms with Gasteiger partial charge in [0.15, 0.2) is 0 Å². The lowest BCUT2D eigenvalue weighted by Gasteiger charge is -2.12. The Labute approximate surface area is 124 Å². The molecular weight excluding hydrogens is 270 g/mol. The summed E-state index contributed by atoms with van der Waals surface area (Å²) in [5, 5.41) is 13.3. The molecule has 2 aromatic rings. The summed E-state index contributed by atoms with van der Waals surface area (Å²) < 4.78 is 15.7. The highest BCUT2D eigenvalue weighted by Crippen LogP contribution is 2.18. The van der Waals surface area contributed by atoms with Crippen molar-refractivity contribution in [1.29, 1.82) is 0 Å². The third-order valence-corrected chi connectivity index (χ3v) is 3.12. The van der Waals surface area contributed by atoms with Crippen molar-refractivity contribution in [3.05, 3.63) is 53.5 Å². The lowest BCUT2D eigenvalue weighted by atomic mass is 10.1. The Morgan fingerprint density at radius 3 is 2.76 bits per heavy atom. The fourth-order valence-corrected chi connectivity index (χ4v) is 2.04. The van der Waals surface area contributed by atoms with Gasteiger partial charge in [-0.2, -0.15) is 0 Å². The Hall–Kier alpha value is -1.82. The summed E-state index contributed by atoms with van der Waals surface area (Å²) in [7, 11) is 3.24. The molecule has 0 fully saturated rings. The molecule has 0 aliphatic rings. The summed E-state index contributed by atoms with van der Waals surface area (Å²) in [5.74, 6) is 2.35. The fourth-order valence-electron chi connectivity index (χ4n) is 2.04. The normalized spacial score (nSPS) is 12.3. The van der Waals surface area contributed by atoms with E-state index in [1.54, 1.807) is 14.2 Å². The summed E-state index contributed by atoms with van der Waals surface area (Å²) in [5.41, 5.74) is 0.821. The van der Waals surface area contributed by atoms with Gasteiger partial charge < -0.3 is 24.3 Å². The Morgan fingerprint density at radius 1 is 1.19 bits per heavy atom. The van der Waals surface area contributed by atoms with Crippen LogP contribution >= 0.6 is 0 Å². The molecule has 0 aliphatic heterocycles. The van der Waals surface area contributed by atoms with Gasteiger partial charge >= 0.3 is 0 Å². The maximum atomic E-state index is 10.1. The Morgan fingerprint density at radius 2 is 2.00 bits per heavy atom. The monoisotopic (exact) mass is 291 g/mol. The van der Waals surface area contributed by atoms with Gasteiger partial charge in [-0.15, -0.1) is 0 Å². The van der Waals surface area contributed by atoms with Crippen molar-refractivity contribution >= 4 is 0 Å². The molecule has 0 amide bonds. The first-order valence-electron chi connectivity index (χ1n) is 6.82. The van der Waals surface area contributed by atoms with E-state index in [9.17, 15) is 5.11 Å². The molecule has 0 spiro atoms. The van der Waals surface area contributed by atoms with E-state index >= 15 is 0 Å². The van der Waals surface area contributed by atoms with Crippen LogP contribution in [-0.2, 0) is 17.9 Å². The zero-order valence-corrected chi connectivity index (χ0v) is 12.3. The lowest BCUT2D eigenvalue weighted by Crippen LogP contribution is -2.20. The second-order valence-electron chi connectivity index (χ2n) is 4.72. The van der Waals surface area contributed by atoms with Crippen molar-refractivity contribution in [2.45, 2.75) is 19.3 Å². The standard InChI is InChI=1S/C16H21NO4/c1-19-11-15-7-6-14(21-15)9-17-10-16(18)12-4-3-5-13(8-12)20-2/h3-8,16-18H,9-11H2,1-2H3. The largest absolute Gasteiger partial charge is 0.497 e. The summed E-state index contributed by atoms with van der Waals surface area (Å²) in [4.78, 5) is 0. The van der Waals surface area contributed by atoms with Crippen LogP contribution in [0.2, 0.25) is 0 Å². The third-order valence-electron chi connectivity index (χ3n) is 3.12. The molecule has 0 saturated carbocycles. The number of methoxy groups -OCH3 is 2. The number of furan rings is 1. The van der Waals surface area contributed by atoms with Crippen molar-refractivity contribution in [1.82, 2.24) is 5.32 Å². The summed E-state index contributed by atoms with van der Waals surface area (Å²) >= 11 is 0. The third kappa shape index (κ3) is 4.60. The van der Waals surface area contributed by atoms with Crippen LogP contribution < -0.4 is 10.1 Å². The minimum absolute atomic E-state index is 0.438. The number of rotatable bonds is 8. The Kier molecular flexibility index (Phi) is 5.80. The quantitative estimate of drug-likeness (QED) is 0.781. The van der Waals surface area contributed by atoms with Gasteiger partial charge in [-0.3, -0.25) is 0 Å². The van der Waals surface area contributed by atoms with Gasteiger partial charge in [0.2, 0.25) is 0 Å². The van der Waals surface area contributed by atoms with Crippen LogP contribution in [0.15, 0.2) is 40.8 Å². The van der Waals surface area contributed by atoms with Crippen molar-refractivity contribution in [3.8, 4) is 5.75 Å². The van der Waals surface area contributed by atoms with E-state index in [-0.39, 0.29) is 0 Å². The fraction of sp³-hybridized carbons (Fsp3) is 0.375.